The summed E-state index contributed by atoms with van der Waals surface area (Å²) in [5.74, 6) is -0.488. The summed E-state index contributed by atoms with van der Waals surface area (Å²) >= 11 is 5.91. The second-order valence-corrected chi connectivity index (χ2v) is 4.14. The van der Waals surface area contributed by atoms with Crippen molar-refractivity contribution in [3.05, 3.63) is 31.2 Å². The number of rotatable bonds is 3. The van der Waals surface area contributed by atoms with Crippen LogP contribution in [0.2, 0.25) is 0 Å². The number of alkyl halides is 2. The van der Waals surface area contributed by atoms with Crippen molar-refractivity contribution >= 4 is 37.5 Å². The normalized spacial score (nSPS) is 10.5. The number of nitrogens with zero attached hydrogens (tertiary/aromatic N) is 1. The van der Waals surface area contributed by atoms with Gasteiger partial charge in [0.1, 0.15) is 0 Å². The average Bonchev–Trinajstić information content (AvgIpc) is 2.08. The SMILES string of the molecule is O=[N+]([O-])c1cc(Br)cc(Br)c1OC(F)F. The minimum absolute atomic E-state index is 0.0869. The quantitative estimate of drug-likeness (QED) is 0.619. The van der Waals surface area contributed by atoms with Crippen LogP contribution in [0, 0.1) is 10.1 Å². The third kappa shape index (κ3) is 3.10. The van der Waals surface area contributed by atoms with Gasteiger partial charge in [0.25, 0.3) is 0 Å². The molecule has 0 saturated heterocycles. The number of hydrogen-bond donors (Lipinski definition) is 0. The number of benzene rings is 1. The maximum atomic E-state index is 12.0. The predicted octanol–water partition coefficient (Wildman–Crippen LogP) is 3.72. The van der Waals surface area contributed by atoms with Gasteiger partial charge in [-0.15, -0.1) is 0 Å². The molecule has 82 valence electrons. The van der Waals surface area contributed by atoms with E-state index in [4.69, 9.17) is 0 Å². The van der Waals surface area contributed by atoms with Crippen molar-refractivity contribution in [2.45, 2.75) is 6.61 Å². The zero-order valence-electron chi connectivity index (χ0n) is 6.92. The Hall–Kier alpha value is -0.760. The molecule has 0 saturated carbocycles. The summed E-state index contributed by atoms with van der Waals surface area (Å²) in [6.07, 6.45) is 0. The van der Waals surface area contributed by atoms with E-state index < -0.39 is 23.0 Å². The monoisotopic (exact) mass is 345 g/mol. The van der Waals surface area contributed by atoms with Crippen molar-refractivity contribution in [3.8, 4) is 5.75 Å². The van der Waals surface area contributed by atoms with Gasteiger partial charge in [-0.1, -0.05) is 15.9 Å². The molecule has 0 amide bonds. The van der Waals surface area contributed by atoms with Crippen molar-refractivity contribution in [1.82, 2.24) is 0 Å². The first-order chi connectivity index (χ1) is 6.91. The molecule has 1 aromatic carbocycles. The molecule has 0 aliphatic rings. The highest BCUT2D eigenvalue weighted by Gasteiger charge is 2.22. The molecule has 0 N–H and O–H groups in total. The molecular weight excluding hydrogens is 344 g/mol. The summed E-state index contributed by atoms with van der Waals surface area (Å²) in [6, 6.07) is 2.47. The van der Waals surface area contributed by atoms with Crippen LogP contribution < -0.4 is 4.74 Å². The Kier molecular flexibility index (Phi) is 3.97. The van der Waals surface area contributed by atoms with Crippen molar-refractivity contribution < 1.29 is 18.4 Å². The Morgan fingerprint density at radius 3 is 2.47 bits per heavy atom. The van der Waals surface area contributed by atoms with Crippen molar-refractivity contribution in [1.29, 1.82) is 0 Å². The molecule has 15 heavy (non-hydrogen) atoms. The van der Waals surface area contributed by atoms with Gasteiger partial charge in [0.2, 0.25) is 5.75 Å². The van der Waals surface area contributed by atoms with Crippen LogP contribution in [0.15, 0.2) is 21.1 Å². The average molecular weight is 347 g/mol. The molecule has 1 aromatic rings. The lowest BCUT2D eigenvalue weighted by molar-refractivity contribution is -0.386. The van der Waals surface area contributed by atoms with Crippen LogP contribution in [0.25, 0.3) is 0 Å². The highest BCUT2D eigenvalue weighted by molar-refractivity contribution is 9.11. The minimum atomic E-state index is -3.11. The summed E-state index contributed by atoms with van der Waals surface area (Å²) in [5, 5.41) is 10.5. The molecule has 0 aliphatic heterocycles. The van der Waals surface area contributed by atoms with Gasteiger partial charge in [0.15, 0.2) is 0 Å². The number of hydrogen-bond acceptors (Lipinski definition) is 3. The van der Waals surface area contributed by atoms with Gasteiger partial charge < -0.3 is 4.74 Å². The lowest BCUT2D eigenvalue weighted by Crippen LogP contribution is -2.05. The van der Waals surface area contributed by atoms with Crippen molar-refractivity contribution in [2.75, 3.05) is 0 Å². The molecular formula is C7H3Br2F2NO3. The van der Waals surface area contributed by atoms with E-state index in [0.29, 0.717) is 4.47 Å². The fourth-order valence-electron chi connectivity index (χ4n) is 0.888. The molecule has 0 unspecified atom stereocenters. The van der Waals surface area contributed by atoms with E-state index in [1.54, 1.807) is 0 Å². The molecule has 8 heteroatoms. The van der Waals surface area contributed by atoms with E-state index in [1.807, 2.05) is 0 Å². The molecule has 0 spiro atoms. The smallest absolute Gasteiger partial charge is 0.387 e. The Morgan fingerprint density at radius 2 is 2.00 bits per heavy atom. The maximum absolute atomic E-state index is 12.0. The Labute approximate surface area is 99.6 Å². The number of ether oxygens (including phenoxy) is 1. The lowest BCUT2D eigenvalue weighted by Gasteiger charge is -2.07. The van der Waals surface area contributed by atoms with Gasteiger partial charge in [-0.05, 0) is 22.0 Å². The first kappa shape index (κ1) is 12.3. The maximum Gasteiger partial charge on any atom is 0.387 e. The van der Waals surface area contributed by atoms with E-state index >= 15 is 0 Å². The Bertz CT molecular complexity index is 400. The summed E-state index contributed by atoms with van der Waals surface area (Å²) in [5.41, 5.74) is -0.531. The Balaban J connectivity index is 3.27. The Morgan fingerprint density at radius 1 is 1.40 bits per heavy atom. The molecule has 0 radical (unpaired) electrons. The number of nitro benzene ring substituents is 1. The van der Waals surface area contributed by atoms with Gasteiger partial charge in [0, 0.05) is 10.5 Å². The highest BCUT2D eigenvalue weighted by atomic mass is 79.9. The first-order valence-corrected chi connectivity index (χ1v) is 5.08. The molecule has 0 aromatic heterocycles. The topological polar surface area (TPSA) is 52.4 Å². The van der Waals surface area contributed by atoms with Crippen LogP contribution in [0.5, 0.6) is 5.75 Å². The third-order valence-corrected chi connectivity index (χ3v) is 2.44. The summed E-state index contributed by atoms with van der Waals surface area (Å²) in [6.45, 7) is -3.11. The number of nitro groups is 1. The molecule has 4 nitrogen and oxygen atoms in total. The van der Waals surface area contributed by atoms with E-state index in [0.717, 1.165) is 6.07 Å². The van der Waals surface area contributed by atoms with Crippen molar-refractivity contribution in [2.24, 2.45) is 0 Å². The number of halogens is 4. The van der Waals surface area contributed by atoms with Gasteiger partial charge in [-0.3, -0.25) is 10.1 Å². The van der Waals surface area contributed by atoms with E-state index in [9.17, 15) is 18.9 Å². The van der Waals surface area contributed by atoms with Gasteiger partial charge in [-0.2, -0.15) is 8.78 Å². The third-order valence-electron chi connectivity index (χ3n) is 1.39. The fourth-order valence-corrected chi connectivity index (χ4v) is 2.18. The molecule has 0 bridgehead atoms. The van der Waals surface area contributed by atoms with Crippen LogP contribution >= 0.6 is 31.9 Å². The first-order valence-electron chi connectivity index (χ1n) is 3.50. The zero-order valence-corrected chi connectivity index (χ0v) is 10.1. The summed E-state index contributed by atoms with van der Waals surface area (Å²) < 4.78 is 28.5. The van der Waals surface area contributed by atoms with Gasteiger partial charge in [-0.25, -0.2) is 0 Å². The summed E-state index contributed by atoms with van der Waals surface area (Å²) in [4.78, 5) is 9.75. The molecule has 0 atom stereocenters. The van der Waals surface area contributed by atoms with Crippen LogP contribution in [-0.2, 0) is 0 Å². The van der Waals surface area contributed by atoms with Gasteiger partial charge >= 0.3 is 12.3 Å². The zero-order chi connectivity index (χ0) is 11.6. The fraction of sp³-hybridized carbons (Fsp3) is 0.143. The molecule has 1 rings (SSSR count). The standard InChI is InChI=1S/C7H3Br2F2NO3/c8-3-1-4(9)6(15-7(10)11)5(2-3)12(13)14/h1-2,7H. The lowest BCUT2D eigenvalue weighted by atomic mass is 10.3. The summed E-state index contributed by atoms with van der Waals surface area (Å²) in [7, 11) is 0. The van der Waals surface area contributed by atoms with Gasteiger partial charge in [0.05, 0.1) is 9.40 Å². The van der Waals surface area contributed by atoms with Crippen LogP contribution in [0.4, 0.5) is 14.5 Å². The molecule has 0 heterocycles. The minimum Gasteiger partial charge on any atom is -0.426 e. The van der Waals surface area contributed by atoms with E-state index in [1.165, 1.54) is 6.07 Å². The van der Waals surface area contributed by atoms with Crippen LogP contribution in [0.1, 0.15) is 0 Å². The second kappa shape index (κ2) is 4.84. The van der Waals surface area contributed by atoms with Crippen LogP contribution in [0.3, 0.4) is 0 Å². The second-order valence-electron chi connectivity index (χ2n) is 2.37. The molecule has 0 aliphatic carbocycles. The van der Waals surface area contributed by atoms with E-state index in [-0.39, 0.29) is 4.47 Å². The van der Waals surface area contributed by atoms with Crippen LogP contribution in [-0.4, -0.2) is 11.5 Å². The van der Waals surface area contributed by atoms with Crippen molar-refractivity contribution in [3.63, 3.8) is 0 Å². The van der Waals surface area contributed by atoms with E-state index in [2.05, 4.69) is 36.6 Å². The predicted molar refractivity (Wildman–Crippen MR) is 55.1 cm³/mol. The largest absolute Gasteiger partial charge is 0.426 e. The molecule has 0 fully saturated rings. The highest BCUT2D eigenvalue weighted by Crippen LogP contribution is 2.38.